The second kappa shape index (κ2) is 5.73. The van der Waals surface area contributed by atoms with Crippen LogP contribution < -0.4 is 5.32 Å². The van der Waals surface area contributed by atoms with Gasteiger partial charge in [-0.3, -0.25) is 0 Å². The molecular formula is C12H21N3S. The van der Waals surface area contributed by atoms with Crippen molar-refractivity contribution >= 4 is 11.5 Å². The summed E-state index contributed by atoms with van der Waals surface area (Å²) in [5.41, 5.74) is 1.19. The molecule has 1 atom stereocenters. The first-order chi connectivity index (χ1) is 7.85. The second-order valence-electron chi connectivity index (χ2n) is 4.57. The van der Waals surface area contributed by atoms with E-state index in [-0.39, 0.29) is 0 Å². The minimum atomic E-state index is 0.487. The lowest BCUT2D eigenvalue weighted by molar-refractivity contribution is 0.484. The summed E-state index contributed by atoms with van der Waals surface area (Å²) in [6.45, 7) is 5.35. The molecule has 0 spiro atoms. The Morgan fingerprint density at radius 2 is 2.25 bits per heavy atom. The van der Waals surface area contributed by atoms with Crippen LogP contribution in [0.2, 0.25) is 0 Å². The third-order valence-corrected chi connectivity index (χ3v) is 4.13. The number of aryl methyl sites for hydroxylation is 1. The van der Waals surface area contributed by atoms with Crippen LogP contribution in [-0.2, 0) is 6.42 Å². The lowest BCUT2D eigenvalue weighted by Crippen LogP contribution is -2.21. The molecule has 0 amide bonds. The van der Waals surface area contributed by atoms with Crippen molar-refractivity contribution in [1.82, 2.24) is 14.9 Å². The molecule has 16 heavy (non-hydrogen) atoms. The predicted molar refractivity (Wildman–Crippen MR) is 67.7 cm³/mol. The van der Waals surface area contributed by atoms with Crippen LogP contribution in [0, 0.1) is 5.92 Å². The topological polar surface area (TPSA) is 37.8 Å². The molecule has 1 heterocycles. The molecule has 0 bridgehead atoms. The van der Waals surface area contributed by atoms with Crippen LogP contribution in [0.3, 0.4) is 0 Å². The Bertz CT molecular complexity index is 320. The summed E-state index contributed by atoms with van der Waals surface area (Å²) >= 11 is 1.57. The van der Waals surface area contributed by atoms with Gasteiger partial charge in [0.15, 0.2) is 0 Å². The van der Waals surface area contributed by atoms with E-state index in [2.05, 4.69) is 28.8 Å². The molecule has 1 N–H and O–H groups in total. The Morgan fingerprint density at radius 1 is 1.44 bits per heavy atom. The van der Waals surface area contributed by atoms with Crippen molar-refractivity contribution in [2.75, 3.05) is 6.54 Å². The summed E-state index contributed by atoms with van der Waals surface area (Å²) < 4.78 is 4.09. The zero-order chi connectivity index (χ0) is 11.4. The molecular weight excluding hydrogens is 218 g/mol. The zero-order valence-corrected chi connectivity index (χ0v) is 11.0. The first kappa shape index (κ1) is 12.0. The van der Waals surface area contributed by atoms with E-state index in [1.807, 2.05) is 0 Å². The fourth-order valence-corrected chi connectivity index (χ4v) is 2.95. The highest BCUT2D eigenvalue weighted by Gasteiger charge is 2.24. The molecule has 0 saturated heterocycles. The van der Waals surface area contributed by atoms with Crippen LogP contribution >= 0.6 is 11.5 Å². The van der Waals surface area contributed by atoms with Gasteiger partial charge in [0, 0.05) is 6.04 Å². The number of nitrogens with zero attached hydrogens (tertiary/aromatic N) is 2. The third kappa shape index (κ3) is 3.01. The van der Waals surface area contributed by atoms with Crippen molar-refractivity contribution in [3.63, 3.8) is 0 Å². The fraction of sp³-hybridized carbons (Fsp3) is 0.833. The molecule has 0 aromatic carbocycles. The van der Waals surface area contributed by atoms with Gasteiger partial charge in [-0.15, -0.1) is 5.10 Å². The minimum Gasteiger partial charge on any atom is -0.309 e. The molecule has 3 nitrogen and oxygen atoms in total. The Morgan fingerprint density at radius 3 is 2.88 bits per heavy atom. The number of nitrogens with one attached hydrogen (secondary N) is 1. The van der Waals surface area contributed by atoms with E-state index in [0.717, 1.165) is 18.9 Å². The Labute approximate surface area is 102 Å². The third-order valence-electron chi connectivity index (χ3n) is 3.25. The Balaban J connectivity index is 1.98. The molecule has 0 radical (unpaired) electrons. The maximum Gasteiger partial charge on any atom is 0.0800 e. The van der Waals surface area contributed by atoms with Crippen LogP contribution in [0.4, 0.5) is 0 Å². The molecule has 1 aromatic rings. The largest absolute Gasteiger partial charge is 0.309 e. The van der Waals surface area contributed by atoms with Crippen molar-refractivity contribution in [3.8, 4) is 0 Å². The number of hydrogen-bond donors (Lipinski definition) is 1. The highest BCUT2D eigenvalue weighted by atomic mass is 32.1. The molecule has 1 fully saturated rings. The first-order valence-electron chi connectivity index (χ1n) is 6.39. The van der Waals surface area contributed by atoms with E-state index in [1.165, 1.54) is 36.3 Å². The van der Waals surface area contributed by atoms with Gasteiger partial charge in [0.25, 0.3) is 0 Å². The average Bonchev–Trinajstić information content (AvgIpc) is 3.00. The SMILES string of the molecule is CCNC(CCC1CC1)c1snnc1CC. The van der Waals surface area contributed by atoms with Gasteiger partial charge in [0.2, 0.25) is 0 Å². The lowest BCUT2D eigenvalue weighted by atomic mass is 10.1. The predicted octanol–water partition coefficient (Wildman–Crippen LogP) is 2.94. The molecule has 1 saturated carbocycles. The maximum atomic E-state index is 4.21. The van der Waals surface area contributed by atoms with Gasteiger partial charge in [-0.05, 0) is 43.3 Å². The number of hydrogen-bond acceptors (Lipinski definition) is 4. The maximum absolute atomic E-state index is 4.21. The molecule has 90 valence electrons. The van der Waals surface area contributed by atoms with Gasteiger partial charge in [-0.1, -0.05) is 31.2 Å². The summed E-state index contributed by atoms with van der Waals surface area (Å²) in [5, 5.41) is 7.78. The van der Waals surface area contributed by atoms with Crippen LogP contribution in [0.1, 0.15) is 56.1 Å². The van der Waals surface area contributed by atoms with Crippen molar-refractivity contribution < 1.29 is 0 Å². The molecule has 0 aliphatic heterocycles. The highest BCUT2D eigenvalue weighted by molar-refractivity contribution is 7.05. The lowest BCUT2D eigenvalue weighted by Gasteiger charge is -2.16. The van der Waals surface area contributed by atoms with Crippen LogP contribution in [0.15, 0.2) is 0 Å². The first-order valence-corrected chi connectivity index (χ1v) is 7.17. The van der Waals surface area contributed by atoms with E-state index in [9.17, 15) is 0 Å². The smallest absolute Gasteiger partial charge is 0.0800 e. The quantitative estimate of drug-likeness (QED) is 0.795. The number of aromatic nitrogens is 2. The summed E-state index contributed by atoms with van der Waals surface area (Å²) in [7, 11) is 0. The summed E-state index contributed by atoms with van der Waals surface area (Å²) in [4.78, 5) is 1.37. The van der Waals surface area contributed by atoms with Crippen molar-refractivity contribution in [2.24, 2.45) is 5.92 Å². The summed E-state index contributed by atoms with van der Waals surface area (Å²) in [6, 6.07) is 0.487. The standard InChI is InChI=1S/C12H21N3S/c1-3-10-12(16-15-14-10)11(13-4-2)8-7-9-5-6-9/h9,11,13H,3-8H2,1-2H3. The van der Waals surface area contributed by atoms with E-state index >= 15 is 0 Å². The highest BCUT2D eigenvalue weighted by Crippen LogP contribution is 2.36. The molecule has 1 unspecified atom stereocenters. The normalized spacial score (nSPS) is 17.6. The van der Waals surface area contributed by atoms with Crippen molar-refractivity contribution in [1.29, 1.82) is 0 Å². The zero-order valence-electron chi connectivity index (χ0n) is 10.2. The molecule has 2 rings (SSSR count). The van der Waals surface area contributed by atoms with Crippen molar-refractivity contribution in [3.05, 3.63) is 10.6 Å². The van der Waals surface area contributed by atoms with Gasteiger partial charge in [-0.2, -0.15) is 0 Å². The van der Waals surface area contributed by atoms with Gasteiger partial charge in [-0.25, -0.2) is 0 Å². The van der Waals surface area contributed by atoms with Crippen LogP contribution in [-0.4, -0.2) is 16.1 Å². The monoisotopic (exact) mass is 239 g/mol. The molecule has 1 aromatic heterocycles. The second-order valence-corrected chi connectivity index (χ2v) is 5.35. The van der Waals surface area contributed by atoms with Gasteiger partial charge >= 0.3 is 0 Å². The molecule has 1 aliphatic carbocycles. The van der Waals surface area contributed by atoms with Crippen LogP contribution in [0.25, 0.3) is 0 Å². The van der Waals surface area contributed by atoms with E-state index < -0.39 is 0 Å². The fourth-order valence-electron chi connectivity index (χ4n) is 2.11. The minimum absolute atomic E-state index is 0.487. The summed E-state index contributed by atoms with van der Waals surface area (Å²) in [6.07, 6.45) is 6.49. The number of rotatable bonds is 7. The van der Waals surface area contributed by atoms with E-state index in [1.54, 1.807) is 11.5 Å². The van der Waals surface area contributed by atoms with Gasteiger partial charge < -0.3 is 5.32 Å². The Kier molecular flexibility index (Phi) is 4.29. The van der Waals surface area contributed by atoms with Gasteiger partial charge in [0.05, 0.1) is 10.6 Å². The summed E-state index contributed by atoms with van der Waals surface area (Å²) in [5.74, 6) is 1.01. The van der Waals surface area contributed by atoms with Crippen molar-refractivity contribution in [2.45, 2.75) is 52.0 Å². The van der Waals surface area contributed by atoms with Crippen LogP contribution in [0.5, 0.6) is 0 Å². The van der Waals surface area contributed by atoms with Gasteiger partial charge in [0.1, 0.15) is 0 Å². The van der Waals surface area contributed by atoms with E-state index in [4.69, 9.17) is 0 Å². The average molecular weight is 239 g/mol. The molecule has 1 aliphatic rings. The molecule has 4 heteroatoms. The Hall–Kier alpha value is -0.480. The van der Waals surface area contributed by atoms with E-state index in [0.29, 0.717) is 6.04 Å².